The zero-order valence-electron chi connectivity index (χ0n) is 18.1. The number of aryl methyl sites for hydroxylation is 1. The zero-order valence-corrected chi connectivity index (χ0v) is 19.6. The minimum Gasteiger partial charge on any atom is -0.379 e. The van der Waals surface area contributed by atoms with E-state index in [1.807, 2.05) is 48.9 Å². The van der Waals surface area contributed by atoms with E-state index in [2.05, 4.69) is 25.9 Å². The highest BCUT2D eigenvalue weighted by molar-refractivity contribution is 6.45. The smallest absolute Gasteiger partial charge is 0.268 e. The first-order valence-corrected chi connectivity index (χ1v) is 11.3. The molecular formula is C23H22Cl2N6O2. The minimum absolute atomic E-state index is 0.0202. The van der Waals surface area contributed by atoms with E-state index in [4.69, 9.17) is 27.9 Å². The van der Waals surface area contributed by atoms with Gasteiger partial charge in [0.2, 0.25) is 0 Å². The quantitative estimate of drug-likeness (QED) is 0.442. The van der Waals surface area contributed by atoms with Crippen LogP contribution in [-0.2, 0) is 17.3 Å². The molecule has 0 bridgehead atoms. The molecule has 0 aliphatic carbocycles. The number of amides is 1. The zero-order chi connectivity index (χ0) is 23.2. The topological polar surface area (TPSA) is 97.7 Å². The van der Waals surface area contributed by atoms with E-state index in [-0.39, 0.29) is 11.8 Å². The first kappa shape index (κ1) is 21.9. The number of aromatic nitrogens is 5. The van der Waals surface area contributed by atoms with Crippen LogP contribution in [0.2, 0.25) is 10.0 Å². The van der Waals surface area contributed by atoms with Gasteiger partial charge in [-0.3, -0.25) is 4.79 Å². The lowest BCUT2D eigenvalue weighted by Crippen LogP contribution is -2.47. The molecule has 3 heterocycles. The number of H-pyrrole nitrogens is 1. The van der Waals surface area contributed by atoms with Crippen molar-refractivity contribution in [3.8, 4) is 0 Å². The van der Waals surface area contributed by atoms with Crippen LogP contribution >= 0.6 is 23.2 Å². The van der Waals surface area contributed by atoms with Gasteiger partial charge in [-0.1, -0.05) is 54.4 Å². The predicted octanol–water partition coefficient (Wildman–Crippen LogP) is 4.20. The van der Waals surface area contributed by atoms with Gasteiger partial charge in [-0.15, -0.1) is 5.10 Å². The van der Waals surface area contributed by atoms with E-state index in [1.54, 1.807) is 12.1 Å². The van der Waals surface area contributed by atoms with Gasteiger partial charge in [0.05, 0.1) is 22.2 Å². The fourth-order valence-electron chi connectivity index (χ4n) is 4.41. The lowest BCUT2D eigenvalue weighted by atomic mass is 9.87. The van der Waals surface area contributed by atoms with Gasteiger partial charge >= 0.3 is 0 Å². The number of carbonyl (C=O) groups excluding carboxylic acids is 1. The third-order valence-electron chi connectivity index (χ3n) is 6.46. The highest BCUT2D eigenvalue weighted by atomic mass is 35.5. The van der Waals surface area contributed by atoms with Crippen molar-refractivity contribution < 1.29 is 9.53 Å². The minimum atomic E-state index is -0.620. The maximum Gasteiger partial charge on any atom is 0.268 e. The van der Waals surface area contributed by atoms with Gasteiger partial charge < -0.3 is 14.6 Å². The van der Waals surface area contributed by atoms with Crippen LogP contribution in [-0.4, -0.2) is 44.3 Å². The predicted molar refractivity (Wildman–Crippen MR) is 126 cm³/mol. The SMILES string of the molecule is CC(c1ccc(C2(NC(=O)c3cc4c(Cl)c(Cl)ccc4n3C)CCOC2)cc1)c1nnn[nH]1. The van der Waals surface area contributed by atoms with Gasteiger partial charge in [0.25, 0.3) is 5.91 Å². The van der Waals surface area contributed by atoms with Crippen LogP contribution in [0.15, 0.2) is 42.5 Å². The van der Waals surface area contributed by atoms with Crippen LogP contribution in [0.1, 0.15) is 46.7 Å². The van der Waals surface area contributed by atoms with Crippen LogP contribution < -0.4 is 5.32 Å². The summed E-state index contributed by atoms with van der Waals surface area (Å²) in [6.07, 6.45) is 0.677. The number of nitrogens with one attached hydrogen (secondary N) is 2. The van der Waals surface area contributed by atoms with E-state index in [0.29, 0.717) is 41.2 Å². The van der Waals surface area contributed by atoms with Crippen molar-refractivity contribution in [3.63, 3.8) is 0 Å². The standard InChI is InChI=1S/C23H22Cl2N6O2/c1-13(21-27-29-30-28-21)14-3-5-15(6-4-14)23(9-10-33-12-23)26-22(32)19-11-16-18(31(19)2)8-7-17(24)20(16)25/h3-8,11,13H,9-10,12H2,1-2H3,(H,26,32)(H,27,28,29,30). The fraction of sp³-hybridized carbons (Fsp3) is 0.304. The first-order valence-electron chi connectivity index (χ1n) is 10.6. The Morgan fingerprint density at radius 3 is 2.70 bits per heavy atom. The van der Waals surface area contributed by atoms with Gasteiger partial charge in [-0.05, 0) is 39.8 Å². The van der Waals surface area contributed by atoms with E-state index in [9.17, 15) is 4.79 Å². The lowest BCUT2D eigenvalue weighted by molar-refractivity contribution is 0.0868. The van der Waals surface area contributed by atoms with Crippen LogP contribution in [0.3, 0.4) is 0 Å². The summed E-state index contributed by atoms with van der Waals surface area (Å²) in [5.74, 6) is 0.521. The Labute approximate surface area is 200 Å². The molecule has 1 saturated heterocycles. The average molecular weight is 485 g/mol. The van der Waals surface area contributed by atoms with Gasteiger partial charge in [-0.2, -0.15) is 0 Å². The summed E-state index contributed by atoms with van der Waals surface area (Å²) >= 11 is 12.5. The van der Waals surface area contributed by atoms with E-state index < -0.39 is 5.54 Å². The Kier molecular flexibility index (Phi) is 5.60. The molecule has 0 spiro atoms. The molecule has 8 nitrogen and oxygen atoms in total. The molecule has 1 fully saturated rings. The van der Waals surface area contributed by atoms with Crippen molar-refractivity contribution in [3.05, 3.63) is 75.2 Å². The number of hydrogen-bond acceptors (Lipinski definition) is 5. The van der Waals surface area contributed by atoms with Crippen molar-refractivity contribution >= 4 is 40.0 Å². The highest BCUT2D eigenvalue weighted by Crippen LogP contribution is 2.35. The number of benzene rings is 2. The average Bonchev–Trinajstić information content (AvgIpc) is 3.57. The number of aromatic amines is 1. The molecule has 4 aromatic rings. The summed E-state index contributed by atoms with van der Waals surface area (Å²) in [5.41, 5.74) is 2.78. The van der Waals surface area contributed by atoms with Gasteiger partial charge in [0.1, 0.15) is 5.69 Å². The molecule has 2 N–H and O–H groups in total. The Hall–Kier alpha value is -2.94. The molecule has 33 heavy (non-hydrogen) atoms. The molecule has 170 valence electrons. The third-order valence-corrected chi connectivity index (χ3v) is 7.27. The number of carbonyl (C=O) groups is 1. The molecular weight excluding hydrogens is 463 g/mol. The third kappa shape index (κ3) is 3.78. The van der Waals surface area contributed by atoms with E-state index in [1.165, 1.54) is 0 Å². The first-order chi connectivity index (χ1) is 15.9. The normalized spacial score (nSPS) is 19.2. The molecule has 2 atom stereocenters. The Morgan fingerprint density at radius 1 is 1.24 bits per heavy atom. The lowest BCUT2D eigenvalue weighted by Gasteiger charge is -2.30. The number of tetrazole rings is 1. The largest absolute Gasteiger partial charge is 0.379 e. The second-order valence-electron chi connectivity index (χ2n) is 8.35. The summed E-state index contributed by atoms with van der Waals surface area (Å²) < 4.78 is 7.55. The molecule has 0 radical (unpaired) electrons. The Balaban J connectivity index is 1.44. The Morgan fingerprint density at radius 2 is 2.03 bits per heavy atom. The Bertz CT molecular complexity index is 1310. The molecule has 1 aliphatic rings. The molecule has 2 aromatic heterocycles. The molecule has 10 heteroatoms. The van der Waals surface area contributed by atoms with Gasteiger partial charge in [-0.25, -0.2) is 5.10 Å². The number of hydrogen-bond donors (Lipinski definition) is 2. The van der Waals surface area contributed by atoms with Crippen molar-refractivity contribution in [1.82, 2.24) is 30.5 Å². The van der Waals surface area contributed by atoms with Crippen molar-refractivity contribution in [1.29, 1.82) is 0 Å². The van der Waals surface area contributed by atoms with Crippen molar-refractivity contribution in [2.45, 2.75) is 24.8 Å². The maximum absolute atomic E-state index is 13.4. The number of halogens is 2. The van der Waals surface area contributed by atoms with Crippen LogP contribution in [0.5, 0.6) is 0 Å². The molecule has 2 unspecified atom stereocenters. The van der Waals surface area contributed by atoms with E-state index in [0.717, 1.165) is 22.0 Å². The number of ether oxygens (including phenoxy) is 1. The van der Waals surface area contributed by atoms with Crippen LogP contribution in [0, 0.1) is 0 Å². The van der Waals surface area contributed by atoms with Gasteiger partial charge in [0.15, 0.2) is 5.82 Å². The number of fused-ring (bicyclic) bond motifs is 1. The van der Waals surface area contributed by atoms with Crippen molar-refractivity contribution in [2.75, 3.05) is 13.2 Å². The summed E-state index contributed by atoms with van der Waals surface area (Å²) in [4.78, 5) is 13.4. The van der Waals surface area contributed by atoms with Gasteiger partial charge in [0, 0.05) is 36.9 Å². The molecule has 0 saturated carbocycles. The van der Waals surface area contributed by atoms with Crippen molar-refractivity contribution in [2.24, 2.45) is 7.05 Å². The summed E-state index contributed by atoms with van der Waals surface area (Å²) in [5, 5.41) is 19.0. The summed E-state index contributed by atoms with van der Waals surface area (Å²) in [6, 6.07) is 13.5. The number of nitrogens with zero attached hydrogens (tertiary/aromatic N) is 4. The van der Waals surface area contributed by atoms with Crippen LogP contribution in [0.4, 0.5) is 0 Å². The maximum atomic E-state index is 13.4. The fourth-order valence-corrected chi connectivity index (χ4v) is 4.79. The molecule has 1 aliphatic heterocycles. The monoisotopic (exact) mass is 484 g/mol. The summed E-state index contributed by atoms with van der Waals surface area (Å²) in [7, 11) is 1.84. The second kappa shape index (κ2) is 8.44. The van der Waals surface area contributed by atoms with E-state index >= 15 is 0 Å². The molecule has 5 rings (SSSR count). The molecule has 2 aromatic carbocycles. The summed E-state index contributed by atoms with van der Waals surface area (Å²) in [6.45, 7) is 3.00. The highest BCUT2D eigenvalue weighted by Gasteiger charge is 2.39. The second-order valence-corrected chi connectivity index (χ2v) is 9.14. The van der Waals surface area contributed by atoms with Crippen LogP contribution in [0.25, 0.3) is 10.9 Å². The number of rotatable bonds is 5. The molecule has 1 amide bonds.